The highest BCUT2D eigenvalue weighted by molar-refractivity contribution is 5.86. The predicted molar refractivity (Wildman–Crippen MR) is 85.5 cm³/mol. The van der Waals surface area contributed by atoms with E-state index in [1.807, 2.05) is 18.2 Å². The van der Waals surface area contributed by atoms with E-state index in [9.17, 15) is 9.90 Å². The van der Waals surface area contributed by atoms with Crippen molar-refractivity contribution in [2.75, 3.05) is 32.8 Å². The van der Waals surface area contributed by atoms with Crippen molar-refractivity contribution in [2.24, 2.45) is 0 Å². The molecule has 3 N–H and O–H groups in total. The lowest BCUT2D eigenvalue weighted by molar-refractivity contribution is -0.156. The molecule has 1 aliphatic heterocycles. The molecule has 1 amide bonds. The minimum atomic E-state index is -1.32. The van der Waals surface area contributed by atoms with Crippen LogP contribution in [-0.4, -0.2) is 59.4 Å². The average molecular weight is 306 g/mol. The first-order valence-electron chi connectivity index (χ1n) is 8.03. The number of likely N-dealkylation sites (tertiary alicyclic amines) is 1. The van der Waals surface area contributed by atoms with Gasteiger partial charge in [-0.3, -0.25) is 4.79 Å². The molecule has 22 heavy (non-hydrogen) atoms. The Labute approximate surface area is 131 Å². The molecule has 2 rings (SSSR count). The Bertz CT molecular complexity index is 466. The van der Waals surface area contributed by atoms with Gasteiger partial charge in [0.25, 0.3) is 5.91 Å². The first kappa shape index (κ1) is 16.9. The number of hydrogen-bond donors (Lipinski definition) is 3. The Morgan fingerprint density at radius 3 is 2.77 bits per heavy atom. The Kier molecular flexibility index (Phi) is 6.36. The molecule has 0 aliphatic carbocycles. The maximum absolute atomic E-state index is 12.5. The van der Waals surface area contributed by atoms with E-state index >= 15 is 0 Å². The zero-order valence-corrected chi connectivity index (χ0v) is 13.0. The summed E-state index contributed by atoms with van der Waals surface area (Å²) >= 11 is 0. The van der Waals surface area contributed by atoms with Crippen LogP contribution in [0.15, 0.2) is 30.3 Å². The number of piperidine rings is 1. The van der Waals surface area contributed by atoms with E-state index in [1.165, 1.54) is 5.56 Å². The van der Waals surface area contributed by atoms with Crippen molar-refractivity contribution in [2.45, 2.75) is 31.3 Å². The Morgan fingerprint density at radius 1 is 1.27 bits per heavy atom. The molecule has 5 nitrogen and oxygen atoms in total. The standard InChI is InChI=1S/C17H26N2O3/c20-13-10-18-14-17(22)9-5-12-19(16(17)21)11-4-8-15-6-2-1-3-7-15/h1-3,6-7,18,20,22H,4-5,8-14H2/t17-/m0/s1. The molecule has 0 spiro atoms. The number of amides is 1. The summed E-state index contributed by atoms with van der Waals surface area (Å²) in [7, 11) is 0. The maximum atomic E-state index is 12.5. The summed E-state index contributed by atoms with van der Waals surface area (Å²) in [5.74, 6) is -0.183. The Morgan fingerprint density at radius 2 is 2.05 bits per heavy atom. The van der Waals surface area contributed by atoms with Gasteiger partial charge in [0, 0.05) is 26.2 Å². The number of nitrogens with one attached hydrogen (secondary N) is 1. The van der Waals surface area contributed by atoms with E-state index in [1.54, 1.807) is 4.90 Å². The minimum absolute atomic E-state index is 0.00502. The summed E-state index contributed by atoms with van der Waals surface area (Å²) in [6, 6.07) is 10.2. The van der Waals surface area contributed by atoms with E-state index in [2.05, 4.69) is 17.4 Å². The van der Waals surface area contributed by atoms with Gasteiger partial charge in [-0.15, -0.1) is 0 Å². The van der Waals surface area contributed by atoms with Crippen LogP contribution in [0.3, 0.4) is 0 Å². The van der Waals surface area contributed by atoms with Gasteiger partial charge >= 0.3 is 0 Å². The second-order valence-corrected chi connectivity index (χ2v) is 5.92. The van der Waals surface area contributed by atoms with Gasteiger partial charge in [-0.25, -0.2) is 0 Å². The largest absolute Gasteiger partial charge is 0.395 e. The fraction of sp³-hybridized carbons (Fsp3) is 0.588. The number of carbonyl (C=O) groups is 1. The van der Waals surface area contributed by atoms with Gasteiger partial charge < -0.3 is 20.4 Å². The number of rotatable bonds is 8. The summed E-state index contributed by atoms with van der Waals surface area (Å²) in [5, 5.41) is 22.2. The molecule has 1 aliphatic rings. The molecule has 1 saturated heterocycles. The summed E-state index contributed by atoms with van der Waals surface area (Å²) in [6.07, 6.45) is 3.13. The summed E-state index contributed by atoms with van der Waals surface area (Å²) in [4.78, 5) is 14.2. The van der Waals surface area contributed by atoms with Crippen LogP contribution in [0.1, 0.15) is 24.8 Å². The van der Waals surface area contributed by atoms with Crippen LogP contribution in [0.5, 0.6) is 0 Å². The lowest BCUT2D eigenvalue weighted by atomic mass is 9.91. The summed E-state index contributed by atoms with van der Waals surface area (Å²) < 4.78 is 0. The van der Waals surface area contributed by atoms with Crippen LogP contribution < -0.4 is 5.32 Å². The molecule has 1 heterocycles. The van der Waals surface area contributed by atoms with Crippen molar-refractivity contribution in [1.82, 2.24) is 10.2 Å². The highest BCUT2D eigenvalue weighted by atomic mass is 16.3. The van der Waals surface area contributed by atoms with Crippen molar-refractivity contribution in [3.05, 3.63) is 35.9 Å². The summed E-state index contributed by atoms with van der Waals surface area (Å²) in [5.41, 5.74) is -0.0491. The molecule has 0 saturated carbocycles. The number of carbonyl (C=O) groups excluding carboxylic acids is 1. The van der Waals surface area contributed by atoms with Gasteiger partial charge in [-0.2, -0.15) is 0 Å². The highest BCUT2D eigenvalue weighted by Crippen LogP contribution is 2.22. The van der Waals surface area contributed by atoms with E-state index in [0.717, 1.165) is 25.8 Å². The zero-order chi connectivity index (χ0) is 15.8. The zero-order valence-electron chi connectivity index (χ0n) is 13.0. The van der Waals surface area contributed by atoms with Crippen molar-refractivity contribution in [3.63, 3.8) is 0 Å². The van der Waals surface area contributed by atoms with Gasteiger partial charge in [-0.05, 0) is 31.2 Å². The molecular formula is C17H26N2O3. The fourth-order valence-corrected chi connectivity index (χ4v) is 2.94. The molecule has 0 unspecified atom stereocenters. The van der Waals surface area contributed by atoms with Crippen LogP contribution in [0.2, 0.25) is 0 Å². The van der Waals surface area contributed by atoms with Gasteiger partial charge in [0.05, 0.1) is 6.61 Å². The third-order valence-corrected chi connectivity index (χ3v) is 4.15. The van der Waals surface area contributed by atoms with E-state index in [-0.39, 0.29) is 19.1 Å². The van der Waals surface area contributed by atoms with Gasteiger partial charge in [0.15, 0.2) is 5.60 Å². The van der Waals surface area contributed by atoms with Crippen LogP contribution in [0.4, 0.5) is 0 Å². The minimum Gasteiger partial charge on any atom is -0.395 e. The molecule has 5 heteroatoms. The monoisotopic (exact) mass is 306 g/mol. The topological polar surface area (TPSA) is 72.8 Å². The average Bonchev–Trinajstić information content (AvgIpc) is 2.53. The quantitative estimate of drug-likeness (QED) is 0.614. The second-order valence-electron chi connectivity index (χ2n) is 5.92. The fourth-order valence-electron chi connectivity index (χ4n) is 2.94. The number of aryl methyl sites for hydroxylation is 1. The smallest absolute Gasteiger partial charge is 0.255 e. The first-order valence-corrected chi connectivity index (χ1v) is 8.03. The number of aliphatic hydroxyl groups is 2. The lowest BCUT2D eigenvalue weighted by Gasteiger charge is -2.38. The van der Waals surface area contributed by atoms with E-state index in [0.29, 0.717) is 19.5 Å². The van der Waals surface area contributed by atoms with E-state index in [4.69, 9.17) is 5.11 Å². The lowest BCUT2D eigenvalue weighted by Crippen LogP contribution is -2.58. The first-order chi connectivity index (χ1) is 10.7. The van der Waals surface area contributed by atoms with Gasteiger partial charge in [0.2, 0.25) is 0 Å². The molecule has 1 aromatic carbocycles. The van der Waals surface area contributed by atoms with Crippen LogP contribution >= 0.6 is 0 Å². The van der Waals surface area contributed by atoms with Crippen molar-refractivity contribution < 1.29 is 15.0 Å². The molecule has 1 aromatic rings. The van der Waals surface area contributed by atoms with Crippen LogP contribution in [0.25, 0.3) is 0 Å². The molecular weight excluding hydrogens is 280 g/mol. The Hall–Kier alpha value is -1.43. The molecule has 0 radical (unpaired) electrons. The van der Waals surface area contributed by atoms with Gasteiger partial charge in [-0.1, -0.05) is 30.3 Å². The second kappa shape index (κ2) is 8.27. The molecule has 1 atom stereocenters. The molecule has 0 bridgehead atoms. The van der Waals surface area contributed by atoms with Gasteiger partial charge in [0.1, 0.15) is 0 Å². The van der Waals surface area contributed by atoms with Crippen LogP contribution in [-0.2, 0) is 11.2 Å². The normalized spacial score (nSPS) is 22.1. The molecule has 0 aromatic heterocycles. The maximum Gasteiger partial charge on any atom is 0.255 e. The number of nitrogens with zero attached hydrogens (tertiary/aromatic N) is 1. The van der Waals surface area contributed by atoms with Crippen LogP contribution in [0, 0.1) is 0 Å². The third-order valence-electron chi connectivity index (χ3n) is 4.15. The predicted octanol–water partition coefficient (Wildman–Crippen LogP) is 0.555. The van der Waals surface area contributed by atoms with Crippen molar-refractivity contribution in [3.8, 4) is 0 Å². The number of aliphatic hydroxyl groups excluding tert-OH is 1. The number of hydrogen-bond acceptors (Lipinski definition) is 4. The van der Waals surface area contributed by atoms with Crippen molar-refractivity contribution >= 4 is 5.91 Å². The SMILES string of the molecule is O=C1N(CCCc2ccccc2)CCC[C@]1(O)CNCCO. The molecule has 122 valence electrons. The third kappa shape index (κ3) is 4.53. The molecule has 1 fully saturated rings. The van der Waals surface area contributed by atoms with Crippen molar-refractivity contribution in [1.29, 1.82) is 0 Å². The Balaban J connectivity index is 1.82. The van der Waals surface area contributed by atoms with E-state index < -0.39 is 5.60 Å². The number of benzene rings is 1. The highest BCUT2D eigenvalue weighted by Gasteiger charge is 2.41. The summed E-state index contributed by atoms with van der Waals surface area (Å²) in [6.45, 7) is 2.00.